The number of para-hydroxylation sites is 1. The Morgan fingerprint density at radius 3 is 2.59 bits per heavy atom. The first kappa shape index (κ1) is 23.6. The molecule has 0 radical (unpaired) electrons. The number of aliphatic carboxylic acids is 1. The van der Waals surface area contributed by atoms with E-state index in [0.717, 1.165) is 28.5 Å². The highest BCUT2D eigenvalue weighted by Gasteiger charge is 2.42. The van der Waals surface area contributed by atoms with Gasteiger partial charge in [-0.2, -0.15) is 4.37 Å². The molecule has 0 bridgehead atoms. The summed E-state index contributed by atoms with van der Waals surface area (Å²) in [6.07, 6.45) is 0. The van der Waals surface area contributed by atoms with Crippen molar-refractivity contribution >= 4 is 33.9 Å². The van der Waals surface area contributed by atoms with E-state index in [1.807, 2.05) is 18.2 Å². The third-order valence-electron chi connectivity index (χ3n) is 6.94. The van der Waals surface area contributed by atoms with Crippen LogP contribution in [0, 0.1) is 10.1 Å². The fraction of sp³-hybridized carbons (Fsp3) is 0.280. The van der Waals surface area contributed by atoms with Gasteiger partial charge in [0, 0.05) is 29.3 Å². The number of rotatable bonds is 7. The van der Waals surface area contributed by atoms with Crippen molar-refractivity contribution < 1.29 is 14.8 Å². The number of nitro benzene ring substituents is 1. The van der Waals surface area contributed by atoms with Crippen LogP contribution in [0.1, 0.15) is 49.6 Å². The number of benzene rings is 2. The molecule has 4 rings (SSSR count). The van der Waals surface area contributed by atoms with Gasteiger partial charge < -0.3 is 10.4 Å². The van der Waals surface area contributed by atoms with Gasteiger partial charge in [-0.05, 0) is 50.0 Å². The number of hydrogen-bond acceptors (Lipinski definition) is 6. The Kier molecular flexibility index (Phi) is 6.24. The van der Waals surface area contributed by atoms with E-state index in [2.05, 4.69) is 38.3 Å². The van der Waals surface area contributed by atoms with Gasteiger partial charge in [0.15, 0.2) is 0 Å². The van der Waals surface area contributed by atoms with Crippen LogP contribution in [-0.4, -0.2) is 34.0 Å². The smallest absolute Gasteiger partial charge is 0.334 e. The van der Waals surface area contributed by atoms with Gasteiger partial charge in [0.25, 0.3) is 5.69 Å². The molecular weight excluding hydrogens is 452 g/mol. The summed E-state index contributed by atoms with van der Waals surface area (Å²) in [4.78, 5) is 23.4. The lowest BCUT2D eigenvalue weighted by atomic mass is 9.80. The Labute approximate surface area is 202 Å². The molecule has 1 aliphatic rings. The fourth-order valence-electron chi connectivity index (χ4n) is 4.73. The number of nitrogens with one attached hydrogen (secondary N) is 1. The second kappa shape index (κ2) is 9.00. The zero-order valence-electron chi connectivity index (χ0n) is 19.5. The highest BCUT2D eigenvalue weighted by atomic mass is 32.1. The number of carbonyl (C=O) groups is 1. The number of aromatic nitrogens is 1. The Balaban J connectivity index is 1.92. The number of fused-ring (bicyclic) bond motifs is 1. The van der Waals surface area contributed by atoms with Gasteiger partial charge in [0.2, 0.25) is 0 Å². The van der Waals surface area contributed by atoms with Crippen LogP contribution in [-0.2, 0) is 4.79 Å². The molecule has 34 heavy (non-hydrogen) atoms. The normalized spacial score (nSPS) is 17.9. The van der Waals surface area contributed by atoms with Crippen molar-refractivity contribution in [2.45, 2.75) is 32.7 Å². The molecule has 0 aliphatic carbocycles. The molecule has 3 aromatic rings. The summed E-state index contributed by atoms with van der Waals surface area (Å²) in [5, 5.41) is 25.6. The Morgan fingerprint density at radius 1 is 1.26 bits per heavy atom. The summed E-state index contributed by atoms with van der Waals surface area (Å²) in [5.41, 5.74) is 3.87. The molecule has 9 heteroatoms. The van der Waals surface area contributed by atoms with Crippen LogP contribution in [0.4, 0.5) is 16.4 Å². The van der Waals surface area contributed by atoms with Crippen LogP contribution >= 0.6 is 11.5 Å². The van der Waals surface area contributed by atoms with Crippen LogP contribution in [0.2, 0.25) is 0 Å². The lowest BCUT2D eigenvalue weighted by molar-refractivity contribution is -0.384. The fourth-order valence-corrected chi connectivity index (χ4v) is 5.69. The van der Waals surface area contributed by atoms with Gasteiger partial charge in [0.05, 0.1) is 24.1 Å². The lowest BCUT2D eigenvalue weighted by Gasteiger charge is -2.39. The Hall–Kier alpha value is -3.56. The van der Waals surface area contributed by atoms with E-state index in [0.29, 0.717) is 15.7 Å². The van der Waals surface area contributed by atoms with Gasteiger partial charge in [-0.3, -0.25) is 14.6 Å². The van der Waals surface area contributed by atoms with Crippen LogP contribution in [0.25, 0.3) is 0 Å². The first-order valence-corrected chi connectivity index (χ1v) is 11.8. The molecule has 0 spiro atoms. The van der Waals surface area contributed by atoms with Crippen molar-refractivity contribution in [1.82, 2.24) is 8.86 Å². The number of carboxylic acids is 1. The first-order chi connectivity index (χ1) is 16.2. The summed E-state index contributed by atoms with van der Waals surface area (Å²) in [7, 11) is 2.14. The molecule has 3 atom stereocenters. The number of non-ortho nitro benzene ring substituents is 1. The minimum atomic E-state index is -1.06. The van der Waals surface area contributed by atoms with Crippen LogP contribution < -0.4 is 9.80 Å². The van der Waals surface area contributed by atoms with Crippen molar-refractivity contribution in [1.29, 1.82) is 0 Å². The predicted octanol–water partition coefficient (Wildman–Crippen LogP) is 5.69. The van der Waals surface area contributed by atoms with Gasteiger partial charge in [-0.15, -0.1) is 0 Å². The molecule has 0 fully saturated rings. The zero-order chi connectivity index (χ0) is 24.6. The van der Waals surface area contributed by atoms with Crippen LogP contribution in [0.3, 0.4) is 0 Å². The number of hydrogen-bond donors (Lipinski definition) is 2. The first-order valence-electron chi connectivity index (χ1n) is 11.0. The third-order valence-corrected chi connectivity index (χ3v) is 7.73. The molecule has 0 saturated carbocycles. The van der Waals surface area contributed by atoms with Gasteiger partial charge in [-0.1, -0.05) is 30.3 Å². The molecule has 1 aromatic heterocycles. The van der Waals surface area contributed by atoms with Crippen molar-refractivity contribution in [3.8, 4) is 0 Å². The number of carboxylic acid groups (broad SMARTS) is 1. The van der Waals surface area contributed by atoms with Gasteiger partial charge in [-0.25, -0.2) is 4.79 Å². The second-order valence-electron chi connectivity index (χ2n) is 8.66. The van der Waals surface area contributed by atoms with Crippen molar-refractivity contribution in [2.75, 3.05) is 18.9 Å². The van der Waals surface area contributed by atoms with Crippen molar-refractivity contribution in [3.05, 3.63) is 92.8 Å². The molecular formula is C25H27N4O4S+. The van der Waals surface area contributed by atoms with E-state index in [1.165, 1.54) is 23.7 Å². The number of allylic oxidation sites excluding steroid dienone is 1. The molecule has 2 N–H and O–H groups in total. The summed E-state index contributed by atoms with van der Waals surface area (Å²) in [6.45, 7) is 6.73. The van der Waals surface area contributed by atoms with Crippen LogP contribution in [0.15, 0.2) is 65.9 Å². The van der Waals surface area contributed by atoms with Gasteiger partial charge in [0.1, 0.15) is 22.4 Å². The average molecular weight is 480 g/mol. The maximum absolute atomic E-state index is 12.4. The molecule has 0 amide bonds. The largest absolute Gasteiger partial charge is 0.478 e. The van der Waals surface area contributed by atoms with E-state index >= 15 is 0 Å². The SMILES string of the molecule is CC[N+](C)(c1ccccc1)[C@@H](C)c1nsc2c1C(c1cccc([N+](=O)[O-])c1)C(C(=O)O)=C(C)N2. The minimum Gasteiger partial charge on any atom is -0.478 e. The third kappa shape index (κ3) is 3.86. The van der Waals surface area contributed by atoms with E-state index in [1.54, 1.807) is 19.1 Å². The maximum Gasteiger partial charge on any atom is 0.334 e. The summed E-state index contributed by atoms with van der Waals surface area (Å²) >= 11 is 1.30. The number of quaternary nitrogens is 1. The summed E-state index contributed by atoms with van der Waals surface area (Å²) < 4.78 is 5.38. The lowest BCUT2D eigenvalue weighted by Crippen LogP contribution is -2.47. The van der Waals surface area contributed by atoms with Crippen molar-refractivity contribution in [2.24, 2.45) is 0 Å². The van der Waals surface area contributed by atoms with E-state index in [4.69, 9.17) is 4.37 Å². The van der Waals surface area contributed by atoms with E-state index in [-0.39, 0.29) is 17.3 Å². The monoisotopic (exact) mass is 479 g/mol. The molecule has 2 unspecified atom stereocenters. The highest BCUT2D eigenvalue weighted by Crippen LogP contribution is 2.49. The van der Waals surface area contributed by atoms with Crippen molar-refractivity contribution in [3.63, 3.8) is 0 Å². The standard InChI is InChI=1S/C25H26N4O4S/c1-5-29(4,19-12-7-6-8-13-19)16(3)23-22-21(17-10-9-11-18(14-17)28(32)33)20(25(30)31)15(2)26-24(22)34-27-23/h6-14,16,21H,5H2,1-4H3,(H-,26,27,30,31)/p+1/t16-,21?,29?/m0/s1. The van der Waals surface area contributed by atoms with E-state index in [9.17, 15) is 20.0 Å². The van der Waals surface area contributed by atoms with Crippen LogP contribution in [0.5, 0.6) is 0 Å². The highest BCUT2D eigenvalue weighted by molar-refractivity contribution is 7.10. The molecule has 8 nitrogen and oxygen atoms in total. The zero-order valence-corrected chi connectivity index (χ0v) is 20.3. The quantitative estimate of drug-likeness (QED) is 0.256. The number of nitrogens with zero attached hydrogens (tertiary/aromatic N) is 3. The molecule has 0 saturated heterocycles. The maximum atomic E-state index is 12.4. The topological polar surface area (TPSA) is 105 Å². The average Bonchev–Trinajstić information content (AvgIpc) is 3.25. The minimum absolute atomic E-state index is 0.0729. The molecule has 176 valence electrons. The second-order valence-corrected chi connectivity index (χ2v) is 9.43. The molecule has 1 aliphatic heterocycles. The molecule has 2 heterocycles. The Bertz CT molecular complexity index is 1290. The molecule has 2 aromatic carbocycles. The van der Waals surface area contributed by atoms with E-state index < -0.39 is 16.8 Å². The van der Waals surface area contributed by atoms with Gasteiger partial charge >= 0.3 is 5.97 Å². The number of anilines is 1. The Morgan fingerprint density at radius 2 is 1.97 bits per heavy atom. The predicted molar refractivity (Wildman–Crippen MR) is 134 cm³/mol. The number of nitro groups is 1. The summed E-state index contributed by atoms with van der Waals surface area (Å²) in [5.74, 6) is -1.74. The summed E-state index contributed by atoms with van der Waals surface area (Å²) in [6, 6.07) is 16.3.